The number of hydrogen-bond acceptors (Lipinski definition) is 2. The third kappa shape index (κ3) is 5.01. The molecule has 0 aromatic carbocycles. The van der Waals surface area contributed by atoms with E-state index in [0.717, 1.165) is 0 Å². The highest BCUT2D eigenvalue weighted by Crippen LogP contribution is 2.18. The molecule has 3 nitrogen and oxygen atoms in total. The molecule has 0 unspecified atom stereocenters. The highest BCUT2D eigenvalue weighted by molar-refractivity contribution is 6.28. The summed E-state index contributed by atoms with van der Waals surface area (Å²) < 4.78 is 36.1. The van der Waals surface area contributed by atoms with Gasteiger partial charge in [-0.15, -0.1) is 11.6 Å². The van der Waals surface area contributed by atoms with E-state index in [1.165, 1.54) is 0 Å². The maximum absolute atomic E-state index is 12.0. The van der Waals surface area contributed by atoms with Gasteiger partial charge in [0.1, 0.15) is 0 Å². The van der Waals surface area contributed by atoms with Crippen molar-refractivity contribution in [3.8, 4) is 0 Å². The lowest BCUT2D eigenvalue weighted by atomic mass is 10.3. The van der Waals surface area contributed by atoms with E-state index < -0.39 is 30.3 Å². The maximum atomic E-state index is 12.0. The van der Waals surface area contributed by atoms with Crippen LogP contribution in [0, 0.1) is 0 Å². The van der Waals surface area contributed by atoms with Crippen LogP contribution < -0.4 is 0 Å². The molecule has 0 aliphatic carbocycles. The molecule has 0 fully saturated rings. The van der Waals surface area contributed by atoms with Gasteiger partial charge in [-0.3, -0.25) is 9.59 Å². The molecule has 0 saturated heterocycles. The Morgan fingerprint density at radius 3 is 2.20 bits per heavy atom. The summed E-state index contributed by atoms with van der Waals surface area (Å²) in [4.78, 5) is 22.1. The molecule has 0 N–H and O–H groups in total. The fraction of sp³-hybridized carbons (Fsp3) is 0.750. The van der Waals surface area contributed by atoms with E-state index in [0.29, 0.717) is 11.3 Å². The van der Waals surface area contributed by atoms with Crippen molar-refractivity contribution in [2.45, 2.75) is 19.5 Å². The van der Waals surface area contributed by atoms with Crippen LogP contribution in [0.15, 0.2) is 0 Å². The number of rotatable bonds is 5. The molecule has 0 atom stereocenters. The van der Waals surface area contributed by atoms with Crippen LogP contribution in [0.3, 0.4) is 0 Å². The first-order valence-corrected chi connectivity index (χ1v) is 4.80. The summed E-state index contributed by atoms with van der Waals surface area (Å²) in [6.07, 6.45) is -4.60. The second-order valence-corrected chi connectivity index (χ2v) is 3.16. The van der Waals surface area contributed by atoms with Crippen LogP contribution in [0.5, 0.6) is 0 Å². The van der Waals surface area contributed by atoms with Crippen LogP contribution in [0.1, 0.15) is 13.3 Å². The molecular weight excluding hydrogens is 235 g/mol. The third-order valence-corrected chi connectivity index (χ3v) is 1.84. The van der Waals surface area contributed by atoms with Gasteiger partial charge in [0.15, 0.2) is 5.78 Å². The van der Waals surface area contributed by atoms with E-state index in [4.69, 9.17) is 11.6 Å². The minimum atomic E-state index is -4.94. The van der Waals surface area contributed by atoms with Gasteiger partial charge in [-0.25, -0.2) is 0 Å². The van der Waals surface area contributed by atoms with E-state index >= 15 is 0 Å². The van der Waals surface area contributed by atoms with Gasteiger partial charge in [-0.05, 0) is 6.42 Å². The summed E-state index contributed by atoms with van der Waals surface area (Å²) in [7, 11) is 0. The van der Waals surface area contributed by atoms with E-state index in [1.807, 2.05) is 0 Å². The fourth-order valence-corrected chi connectivity index (χ4v) is 1.04. The van der Waals surface area contributed by atoms with Crippen molar-refractivity contribution >= 4 is 23.3 Å². The number of halogens is 4. The summed E-state index contributed by atoms with van der Waals surface area (Å²) in [5.74, 6) is -3.00. The van der Waals surface area contributed by atoms with E-state index in [1.54, 1.807) is 6.92 Å². The number of Topliss-reactive ketones (excluding diaryl/α,β-unsaturated/α-hetero) is 1. The van der Waals surface area contributed by atoms with E-state index in [9.17, 15) is 22.8 Å². The third-order valence-electron chi connectivity index (χ3n) is 1.54. The zero-order valence-electron chi connectivity index (χ0n) is 8.10. The molecule has 0 bridgehead atoms. The van der Waals surface area contributed by atoms with Gasteiger partial charge in [0.25, 0.3) is 0 Å². The Morgan fingerprint density at radius 2 is 1.87 bits per heavy atom. The molecule has 0 saturated carbocycles. The Bertz CT molecular complexity index is 243. The van der Waals surface area contributed by atoms with Crippen LogP contribution in [0.25, 0.3) is 0 Å². The zero-order chi connectivity index (χ0) is 12.1. The number of hydrogen-bond donors (Lipinski definition) is 0. The van der Waals surface area contributed by atoms with Gasteiger partial charge in [0.05, 0.1) is 12.4 Å². The number of ketones is 1. The van der Waals surface area contributed by atoms with Crippen molar-refractivity contribution in [1.29, 1.82) is 0 Å². The predicted molar refractivity (Wildman–Crippen MR) is 48.7 cm³/mol. The summed E-state index contributed by atoms with van der Waals surface area (Å²) in [5, 5.41) is 0. The molecule has 88 valence electrons. The number of carbonyl (C=O) groups excluding carboxylic acids is 2. The van der Waals surface area contributed by atoms with Crippen LogP contribution in [-0.2, 0) is 9.59 Å². The summed E-state index contributed by atoms with van der Waals surface area (Å²) in [6.45, 7) is 0.915. The molecule has 0 aliphatic rings. The van der Waals surface area contributed by atoms with Crippen LogP contribution in [0.2, 0.25) is 0 Å². The lowest BCUT2D eigenvalue weighted by Crippen LogP contribution is -2.44. The molecule has 0 aromatic rings. The number of carbonyl (C=O) groups is 2. The van der Waals surface area contributed by atoms with E-state index in [2.05, 4.69) is 0 Å². The topological polar surface area (TPSA) is 37.4 Å². The largest absolute Gasteiger partial charge is 0.471 e. The molecule has 1 amide bonds. The number of nitrogens with zero attached hydrogens (tertiary/aromatic N) is 1. The molecule has 0 aromatic heterocycles. The van der Waals surface area contributed by atoms with E-state index in [-0.39, 0.29) is 6.54 Å². The SMILES string of the molecule is CCCN(CC(=O)CCl)C(=O)C(F)(F)F. The minimum absolute atomic E-state index is 0.110. The number of amides is 1. The van der Waals surface area contributed by atoms with Crippen molar-refractivity contribution in [2.24, 2.45) is 0 Å². The molecule has 0 spiro atoms. The van der Waals surface area contributed by atoms with Crippen LogP contribution >= 0.6 is 11.6 Å². The summed E-state index contributed by atoms with van der Waals surface area (Å²) in [5.41, 5.74) is 0. The highest BCUT2D eigenvalue weighted by atomic mass is 35.5. The van der Waals surface area contributed by atoms with Crippen LogP contribution in [-0.4, -0.2) is 41.7 Å². The maximum Gasteiger partial charge on any atom is 0.471 e. The average Bonchev–Trinajstić information content (AvgIpc) is 2.14. The highest BCUT2D eigenvalue weighted by Gasteiger charge is 2.42. The Balaban J connectivity index is 4.52. The molecule has 0 radical (unpaired) electrons. The first kappa shape index (κ1) is 14.2. The molecular formula is C8H11ClF3NO2. The smallest absolute Gasteiger partial charge is 0.328 e. The minimum Gasteiger partial charge on any atom is -0.328 e. The second kappa shape index (κ2) is 5.95. The summed E-state index contributed by atoms with van der Waals surface area (Å²) >= 11 is 5.15. The second-order valence-electron chi connectivity index (χ2n) is 2.90. The molecule has 0 heterocycles. The van der Waals surface area contributed by atoms with Crippen molar-refractivity contribution in [3.05, 3.63) is 0 Å². The van der Waals surface area contributed by atoms with Crippen molar-refractivity contribution in [3.63, 3.8) is 0 Å². The van der Waals surface area contributed by atoms with Gasteiger partial charge in [0.2, 0.25) is 0 Å². The lowest BCUT2D eigenvalue weighted by molar-refractivity contribution is -0.185. The van der Waals surface area contributed by atoms with Gasteiger partial charge in [-0.2, -0.15) is 13.2 Å². The van der Waals surface area contributed by atoms with Crippen molar-refractivity contribution in [2.75, 3.05) is 19.0 Å². The van der Waals surface area contributed by atoms with Gasteiger partial charge >= 0.3 is 12.1 Å². The quantitative estimate of drug-likeness (QED) is 0.690. The van der Waals surface area contributed by atoms with Crippen LogP contribution in [0.4, 0.5) is 13.2 Å². The van der Waals surface area contributed by atoms with Gasteiger partial charge in [-0.1, -0.05) is 6.92 Å². The molecule has 7 heteroatoms. The monoisotopic (exact) mass is 245 g/mol. The summed E-state index contributed by atoms with van der Waals surface area (Å²) in [6, 6.07) is 0. The first-order chi connectivity index (χ1) is 6.82. The van der Waals surface area contributed by atoms with Gasteiger partial charge < -0.3 is 4.90 Å². The van der Waals surface area contributed by atoms with Crippen molar-refractivity contribution < 1.29 is 22.8 Å². The Labute approximate surface area is 90.2 Å². The first-order valence-electron chi connectivity index (χ1n) is 4.26. The standard InChI is InChI=1S/C8H11ClF3NO2/c1-2-3-13(5-6(14)4-9)7(15)8(10,11)12/h2-5H2,1H3. The Kier molecular flexibility index (Phi) is 5.64. The predicted octanol–water partition coefficient (Wildman–Crippen LogP) is 1.60. The van der Waals surface area contributed by atoms with Gasteiger partial charge in [0, 0.05) is 6.54 Å². The lowest BCUT2D eigenvalue weighted by Gasteiger charge is -2.21. The average molecular weight is 246 g/mol. The Morgan fingerprint density at radius 1 is 1.33 bits per heavy atom. The number of alkyl halides is 4. The Hall–Kier alpha value is -0.780. The molecule has 15 heavy (non-hydrogen) atoms. The molecule has 0 rings (SSSR count). The molecule has 0 aliphatic heterocycles. The zero-order valence-corrected chi connectivity index (χ0v) is 8.86. The normalized spacial score (nSPS) is 11.3. The van der Waals surface area contributed by atoms with Crippen molar-refractivity contribution in [1.82, 2.24) is 4.90 Å². The fourth-order valence-electron chi connectivity index (χ4n) is 0.957.